The van der Waals surface area contributed by atoms with E-state index in [9.17, 15) is 0 Å². The first kappa shape index (κ1) is 11.4. The summed E-state index contributed by atoms with van der Waals surface area (Å²) in [7, 11) is 0. The number of hydrogen-bond acceptors (Lipinski definition) is 1. The Morgan fingerprint density at radius 3 is 2.67 bits per heavy atom. The molecule has 78 valence electrons. The second-order valence-corrected chi connectivity index (χ2v) is 3.25. The van der Waals surface area contributed by atoms with Gasteiger partial charge in [0.25, 0.3) is 0 Å². The molecule has 0 bridgehead atoms. The van der Waals surface area contributed by atoms with E-state index in [0.717, 1.165) is 12.2 Å². The molecule has 1 aromatic carbocycles. The van der Waals surface area contributed by atoms with Crippen molar-refractivity contribution >= 4 is 6.08 Å². The minimum Gasteiger partial charge on any atom is -0.481 e. The Morgan fingerprint density at radius 1 is 1.33 bits per heavy atom. The van der Waals surface area contributed by atoms with Gasteiger partial charge in [-0.2, -0.15) is 0 Å². The predicted octanol–water partition coefficient (Wildman–Crippen LogP) is 3.51. The summed E-state index contributed by atoms with van der Waals surface area (Å²) < 4.78 is 5.28. The van der Waals surface area contributed by atoms with Crippen molar-refractivity contribution in [2.75, 3.05) is 6.61 Å². The quantitative estimate of drug-likeness (QED) is 0.661. The molecule has 1 heteroatoms. The number of unbranched alkanes of at least 4 members (excludes halogenated alkanes) is 1. The monoisotopic (exact) mass is 200 g/mol. The first-order valence-electron chi connectivity index (χ1n) is 5.19. The number of ether oxygens (including phenoxy) is 1. The maximum Gasteiger partial charge on any atom is 0.148 e. The zero-order chi connectivity index (χ0) is 10.9. The van der Waals surface area contributed by atoms with Crippen LogP contribution in [0.1, 0.15) is 25.3 Å². The Labute approximate surface area is 91.8 Å². The van der Waals surface area contributed by atoms with Gasteiger partial charge in [-0.05, 0) is 24.1 Å². The molecular weight excluding hydrogens is 184 g/mol. The van der Waals surface area contributed by atoms with E-state index in [0.29, 0.717) is 6.61 Å². The molecule has 1 nitrogen and oxygen atoms in total. The van der Waals surface area contributed by atoms with E-state index in [-0.39, 0.29) is 0 Å². The summed E-state index contributed by atoms with van der Waals surface area (Å²) in [6, 6.07) is 7.92. The number of terminal acetylenes is 1. The van der Waals surface area contributed by atoms with Crippen LogP contribution in [0.3, 0.4) is 0 Å². The van der Waals surface area contributed by atoms with E-state index in [1.54, 1.807) is 0 Å². The van der Waals surface area contributed by atoms with Gasteiger partial charge in [-0.3, -0.25) is 0 Å². The molecule has 0 aliphatic carbocycles. The lowest BCUT2D eigenvalue weighted by Crippen LogP contribution is -1.92. The summed E-state index contributed by atoms with van der Waals surface area (Å²) in [5, 5.41) is 0. The maximum absolute atomic E-state index is 5.28. The van der Waals surface area contributed by atoms with Crippen molar-refractivity contribution in [3.8, 4) is 18.1 Å². The van der Waals surface area contributed by atoms with Gasteiger partial charge in [-0.15, -0.1) is 6.42 Å². The molecule has 0 spiro atoms. The third-order valence-corrected chi connectivity index (χ3v) is 1.97. The number of rotatable bonds is 5. The number of allylic oxidation sites excluding steroid dienone is 1. The van der Waals surface area contributed by atoms with E-state index in [1.165, 1.54) is 12.0 Å². The van der Waals surface area contributed by atoms with Gasteiger partial charge >= 0.3 is 0 Å². The SMILES string of the molecule is C#CCOc1ccc(/C=C/CCC)cc1. The Bertz CT molecular complexity index is 341. The highest BCUT2D eigenvalue weighted by atomic mass is 16.5. The summed E-state index contributed by atoms with van der Waals surface area (Å²) in [6.45, 7) is 2.49. The van der Waals surface area contributed by atoms with Crippen LogP contribution < -0.4 is 4.74 Å². The van der Waals surface area contributed by atoms with Crippen molar-refractivity contribution in [2.45, 2.75) is 19.8 Å². The van der Waals surface area contributed by atoms with E-state index in [1.807, 2.05) is 24.3 Å². The minimum absolute atomic E-state index is 0.324. The molecule has 0 aliphatic rings. The molecule has 0 radical (unpaired) electrons. The third-order valence-electron chi connectivity index (χ3n) is 1.97. The molecule has 0 aliphatic heterocycles. The van der Waals surface area contributed by atoms with Gasteiger partial charge in [0.05, 0.1) is 0 Å². The molecule has 0 amide bonds. The molecule has 15 heavy (non-hydrogen) atoms. The molecule has 0 heterocycles. The summed E-state index contributed by atoms with van der Waals surface area (Å²) in [4.78, 5) is 0. The molecule has 0 fully saturated rings. The predicted molar refractivity (Wildman–Crippen MR) is 64.7 cm³/mol. The lowest BCUT2D eigenvalue weighted by molar-refractivity contribution is 0.370. The summed E-state index contributed by atoms with van der Waals surface area (Å²) >= 11 is 0. The van der Waals surface area contributed by atoms with Crippen LogP contribution in [0.15, 0.2) is 30.3 Å². The van der Waals surface area contributed by atoms with Crippen LogP contribution in [0, 0.1) is 12.3 Å². The number of hydrogen-bond donors (Lipinski definition) is 0. The molecule has 1 aromatic rings. The van der Waals surface area contributed by atoms with Gasteiger partial charge in [-0.1, -0.05) is 43.5 Å². The lowest BCUT2D eigenvalue weighted by Gasteiger charge is -2.01. The fourth-order valence-electron chi connectivity index (χ4n) is 1.19. The van der Waals surface area contributed by atoms with Crippen molar-refractivity contribution in [2.24, 2.45) is 0 Å². The lowest BCUT2D eigenvalue weighted by atomic mass is 10.2. The van der Waals surface area contributed by atoms with Crippen molar-refractivity contribution in [1.29, 1.82) is 0 Å². The van der Waals surface area contributed by atoms with Crippen LogP contribution in [0.4, 0.5) is 0 Å². The zero-order valence-electron chi connectivity index (χ0n) is 9.07. The summed E-state index contributed by atoms with van der Waals surface area (Å²) in [6.07, 6.45) is 11.7. The fourth-order valence-corrected chi connectivity index (χ4v) is 1.19. The highest BCUT2D eigenvalue weighted by molar-refractivity contribution is 5.50. The van der Waals surface area contributed by atoms with Gasteiger partial charge in [-0.25, -0.2) is 0 Å². The van der Waals surface area contributed by atoms with Crippen LogP contribution in [0.5, 0.6) is 5.75 Å². The van der Waals surface area contributed by atoms with E-state index in [4.69, 9.17) is 11.2 Å². The molecule has 0 saturated carbocycles. The Morgan fingerprint density at radius 2 is 2.07 bits per heavy atom. The standard InChI is InChI=1S/C14H16O/c1-3-5-6-7-13-8-10-14(11-9-13)15-12-4-2/h2,6-11H,3,5,12H2,1H3/b7-6+. The summed E-state index contributed by atoms with van der Waals surface area (Å²) in [5.41, 5.74) is 1.19. The molecular formula is C14H16O. The molecule has 0 saturated heterocycles. The first-order chi connectivity index (χ1) is 7.36. The Balaban J connectivity index is 2.53. The fraction of sp³-hybridized carbons (Fsp3) is 0.286. The maximum atomic E-state index is 5.28. The van der Waals surface area contributed by atoms with E-state index in [2.05, 4.69) is 25.0 Å². The Kier molecular flexibility index (Phi) is 5.11. The summed E-state index contributed by atoms with van der Waals surface area (Å²) in [5.74, 6) is 3.26. The van der Waals surface area contributed by atoms with Crippen molar-refractivity contribution in [1.82, 2.24) is 0 Å². The van der Waals surface area contributed by atoms with Gasteiger partial charge in [0, 0.05) is 0 Å². The zero-order valence-corrected chi connectivity index (χ0v) is 9.07. The molecule has 1 rings (SSSR count). The van der Waals surface area contributed by atoms with Crippen LogP contribution in [-0.2, 0) is 0 Å². The molecule has 0 atom stereocenters. The van der Waals surface area contributed by atoms with Crippen molar-refractivity contribution < 1.29 is 4.74 Å². The van der Waals surface area contributed by atoms with Gasteiger partial charge in [0.15, 0.2) is 0 Å². The average molecular weight is 200 g/mol. The van der Waals surface area contributed by atoms with Gasteiger partial charge in [0.1, 0.15) is 12.4 Å². The van der Waals surface area contributed by atoms with Crippen molar-refractivity contribution in [3.05, 3.63) is 35.9 Å². The van der Waals surface area contributed by atoms with Crippen LogP contribution in [0.25, 0.3) is 6.08 Å². The molecule has 0 N–H and O–H groups in total. The van der Waals surface area contributed by atoms with Crippen LogP contribution in [-0.4, -0.2) is 6.61 Å². The normalized spacial score (nSPS) is 10.1. The molecule has 0 unspecified atom stereocenters. The average Bonchev–Trinajstić information content (AvgIpc) is 2.28. The second kappa shape index (κ2) is 6.73. The second-order valence-electron chi connectivity index (χ2n) is 3.25. The highest BCUT2D eigenvalue weighted by Gasteiger charge is 1.91. The largest absolute Gasteiger partial charge is 0.481 e. The van der Waals surface area contributed by atoms with Crippen LogP contribution in [0.2, 0.25) is 0 Å². The first-order valence-corrected chi connectivity index (χ1v) is 5.19. The topological polar surface area (TPSA) is 9.23 Å². The Hall–Kier alpha value is -1.68. The van der Waals surface area contributed by atoms with Crippen molar-refractivity contribution in [3.63, 3.8) is 0 Å². The smallest absolute Gasteiger partial charge is 0.148 e. The molecule has 0 aromatic heterocycles. The van der Waals surface area contributed by atoms with E-state index < -0.39 is 0 Å². The third kappa shape index (κ3) is 4.37. The van der Waals surface area contributed by atoms with E-state index >= 15 is 0 Å². The van der Waals surface area contributed by atoms with Gasteiger partial charge < -0.3 is 4.74 Å². The van der Waals surface area contributed by atoms with Crippen LogP contribution >= 0.6 is 0 Å². The minimum atomic E-state index is 0.324. The highest BCUT2D eigenvalue weighted by Crippen LogP contribution is 2.13. The van der Waals surface area contributed by atoms with Gasteiger partial charge in [0.2, 0.25) is 0 Å². The number of benzene rings is 1.